The molecule has 1 aliphatic heterocycles. The quantitative estimate of drug-likeness (QED) is 0.571. The lowest BCUT2D eigenvalue weighted by atomic mass is 10.1. The van der Waals surface area contributed by atoms with Crippen LogP contribution in [0.2, 0.25) is 0 Å². The smallest absolute Gasteiger partial charge is 0.378 e. The van der Waals surface area contributed by atoms with Crippen molar-refractivity contribution in [1.82, 2.24) is 9.97 Å². The van der Waals surface area contributed by atoms with Crippen molar-refractivity contribution >= 4 is 11.6 Å². The molecule has 0 aromatic carbocycles. The van der Waals surface area contributed by atoms with E-state index in [2.05, 4.69) is 20.7 Å². The lowest BCUT2D eigenvalue weighted by Gasteiger charge is -2.22. The van der Waals surface area contributed by atoms with Gasteiger partial charge in [-0.25, -0.2) is 15.8 Å². The number of nitrogens with zero attached hydrogens (tertiary/aromatic N) is 2. The molecule has 0 spiro atoms. The summed E-state index contributed by atoms with van der Waals surface area (Å²) in [5.74, 6) is 3.89. The Kier molecular flexibility index (Phi) is 5.18. The number of hydrogen-bond donors (Lipinski definition) is 3. The molecule has 4 N–H and O–H groups in total. The van der Waals surface area contributed by atoms with Crippen LogP contribution in [0.4, 0.5) is 24.8 Å². The Balaban J connectivity index is 1.95. The SMILES string of the molecule is NNc1cc(NCCC2CCCCO2)nc(C(F)(F)F)n1. The summed E-state index contributed by atoms with van der Waals surface area (Å²) in [6.07, 6.45) is -0.572. The molecule has 0 aliphatic carbocycles. The summed E-state index contributed by atoms with van der Waals surface area (Å²) in [4.78, 5) is 6.74. The maximum Gasteiger partial charge on any atom is 0.451 e. The molecule has 1 aliphatic rings. The molecule has 6 nitrogen and oxygen atoms in total. The minimum absolute atomic E-state index is 0.0843. The number of halogens is 3. The van der Waals surface area contributed by atoms with Gasteiger partial charge in [0, 0.05) is 19.2 Å². The third-order valence-corrected chi connectivity index (χ3v) is 3.17. The zero-order valence-electron chi connectivity index (χ0n) is 11.4. The average Bonchev–Trinajstić information content (AvgIpc) is 2.47. The lowest BCUT2D eigenvalue weighted by molar-refractivity contribution is -0.144. The van der Waals surface area contributed by atoms with Crippen molar-refractivity contribution in [2.45, 2.75) is 38.0 Å². The van der Waals surface area contributed by atoms with Gasteiger partial charge in [0.05, 0.1) is 6.10 Å². The highest BCUT2D eigenvalue weighted by Gasteiger charge is 2.35. The fraction of sp³-hybridized carbons (Fsp3) is 0.667. The van der Waals surface area contributed by atoms with E-state index in [4.69, 9.17) is 10.6 Å². The minimum Gasteiger partial charge on any atom is -0.378 e. The van der Waals surface area contributed by atoms with E-state index in [1.165, 1.54) is 6.07 Å². The summed E-state index contributed by atoms with van der Waals surface area (Å²) in [5, 5.41) is 2.85. The number of aromatic nitrogens is 2. The van der Waals surface area contributed by atoms with Crippen LogP contribution in [0, 0.1) is 0 Å². The Labute approximate surface area is 120 Å². The number of anilines is 2. The van der Waals surface area contributed by atoms with Gasteiger partial charge in [0.1, 0.15) is 11.6 Å². The molecule has 1 unspecified atom stereocenters. The molecule has 9 heteroatoms. The number of hydrazine groups is 1. The maximum atomic E-state index is 12.7. The highest BCUT2D eigenvalue weighted by molar-refractivity contribution is 5.47. The molecule has 0 amide bonds. The van der Waals surface area contributed by atoms with Gasteiger partial charge in [0.15, 0.2) is 0 Å². The van der Waals surface area contributed by atoms with Crippen molar-refractivity contribution < 1.29 is 17.9 Å². The van der Waals surface area contributed by atoms with Crippen molar-refractivity contribution in [2.24, 2.45) is 5.84 Å². The zero-order chi connectivity index (χ0) is 15.3. The third kappa shape index (κ3) is 4.71. The molecule has 2 heterocycles. The predicted molar refractivity (Wildman–Crippen MR) is 71.5 cm³/mol. The van der Waals surface area contributed by atoms with Crippen LogP contribution in [0.5, 0.6) is 0 Å². The number of ether oxygens (including phenoxy) is 1. The Hall–Kier alpha value is -1.61. The van der Waals surface area contributed by atoms with Crippen LogP contribution >= 0.6 is 0 Å². The van der Waals surface area contributed by atoms with E-state index < -0.39 is 12.0 Å². The predicted octanol–water partition coefficient (Wildman–Crippen LogP) is 2.15. The molecule has 21 heavy (non-hydrogen) atoms. The minimum atomic E-state index is -4.62. The van der Waals surface area contributed by atoms with Gasteiger partial charge < -0.3 is 15.5 Å². The van der Waals surface area contributed by atoms with Crippen LogP contribution in [0.3, 0.4) is 0 Å². The molecular weight excluding hydrogens is 287 g/mol. The summed E-state index contributed by atoms with van der Waals surface area (Å²) >= 11 is 0. The number of nitrogen functional groups attached to an aromatic ring is 1. The van der Waals surface area contributed by atoms with Crippen LogP contribution < -0.4 is 16.6 Å². The van der Waals surface area contributed by atoms with Crippen LogP contribution in [0.1, 0.15) is 31.5 Å². The lowest BCUT2D eigenvalue weighted by Crippen LogP contribution is -2.22. The van der Waals surface area contributed by atoms with E-state index in [1.54, 1.807) is 0 Å². The monoisotopic (exact) mass is 305 g/mol. The van der Waals surface area contributed by atoms with E-state index in [0.717, 1.165) is 32.3 Å². The Morgan fingerprint density at radius 1 is 1.29 bits per heavy atom. The van der Waals surface area contributed by atoms with Gasteiger partial charge in [-0.3, -0.25) is 0 Å². The largest absolute Gasteiger partial charge is 0.451 e. The van der Waals surface area contributed by atoms with Gasteiger partial charge in [-0.1, -0.05) is 0 Å². The normalized spacial score (nSPS) is 19.3. The second kappa shape index (κ2) is 6.90. The first kappa shape index (κ1) is 15.8. The molecule has 1 aromatic rings. The second-order valence-corrected chi connectivity index (χ2v) is 4.81. The highest BCUT2D eigenvalue weighted by atomic mass is 19.4. The van der Waals surface area contributed by atoms with Gasteiger partial charge in [-0.05, 0) is 25.7 Å². The molecule has 1 saturated heterocycles. The van der Waals surface area contributed by atoms with Crippen LogP contribution in [0.25, 0.3) is 0 Å². The van der Waals surface area contributed by atoms with E-state index in [9.17, 15) is 13.2 Å². The summed E-state index contributed by atoms with van der Waals surface area (Å²) in [6, 6.07) is 1.33. The number of nitrogens with two attached hydrogens (primary N) is 1. The van der Waals surface area contributed by atoms with Gasteiger partial charge in [0.2, 0.25) is 5.82 Å². The van der Waals surface area contributed by atoms with Gasteiger partial charge in [-0.2, -0.15) is 13.2 Å². The summed E-state index contributed by atoms with van der Waals surface area (Å²) in [7, 11) is 0. The molecule has 1 fully saturated rings. The summed E-state index contributed by atoms with van der Waals surface area (Å²) in [6.45, 7) is 1.22. The second-order valence-electron chi connectivity index (χ2n) is 4.81. The number of rotatable bonds is 5. The Morgan fingerprint density at radius 3 is 2.67 bits per heavy atom. The number of alkyl halides is 3. The Bertz CT molecular complexity index is 463. The summed E-state index contributed by atoms with van der Waals surface area (Å²) in [5.41, 5.74) is 2.10. The topological polar surface area (TPSA) is 85.1 Å². The van der Waals surface area contributed by atoms with Crippen LogP contribution in [-0.4, -0.2) is 29.2 Å². The molecular formula is C12H18F3N5O. The van der Waals surface area contributed by atoms with Crippen molar-refractivity contribution in [3.8, 4) is 0 Å². The van der Waals surface area contributed by atoms with Gasteiger partial charge in [0.25, 0.3) is 0 Å². The zero-order valence-corrected chi connectivity index (χ0v) is 11.4. The van der Waals surface area contributed by atoms with E-state index in [1.807, 2.05) is 0 Å². The third-order valence-electron chi connectivity index (χ3n) is 3.17. The fourth-order valence-corrected chi connectivity index (χ4v) is 2.13. The van der Waals surface area contributed by atoms with E-state index >= 15 is 0 Å². The van der Waals surface area contributed by atoms with Crippen molar-refractivity contribution in [2.75, 3.05) is 23.9 Å². The number of nitrogens with one attached hydrogen (secondary N) is 2. The molecule has 1 atom stereocenters. The Morgan fingerprint density at radius 2 is 2.05 bits per heavy atom. The molecule has 0 bridgehead atoms. The van der Waals surface area contributed by atoms with E-state index in [0.29, 0.717) is 6.54 Å². The standard InChI is InChI=1S/C12H18F3N5O/c13-12(14,15)11-18-9(7-10(19-11)20-16)17-5-4-8-3-1-2-6-21-8/h7-8H,1-6,16H2,(H2,17,18,19,20). The molecule has 2 rings (SSSR count). The summed E-state index contributed by atoms with van der Waals surface area (Å²) < 4.78 is 43.5. The van der Waals surface area contributed by atoms with Crippen molar-refractivity contribution in [3.05, 3.63) is 11.9 Å². The van der Waals surface area contributed by atoms with Crippen LogP contribution in [-0.2, 0) is 10.9 Å². The molecule has 0 radical (unpaired) electrons. The molecule has 0 saturated carbocycles. The highest BCUT2D eigenvalue weighted by Crippen LogP contribution is 2.28. The van der Waals surface area contributed by atoms with Gasteiger partial charge in [-0.15, -0.1) is 0 Å². The maximum absolute atomic E-state index is 12.7. The average molecular weight is 305 g/mol. The van der Waals surface area contributed by atoms with Crippen LogP contribution in [0.15, 0.2) is 6.07 Å². The first-order valence-corrected chi connectivity index (χ1v) is 6.77. The molecule has 1 aromatic heterocycles. The first-order chi connectivity index (χ1) is 9.99. The van der Waals surface area contributed by atoms with Crippen molar-refractivity contribution in [3.63, 3.8) is 0 Å². The first-order valence-electron chi connectivity index (χ1n) is 6.77. The van der Waals surface area contributed by atoms with Crippen molar-refractivity contribution in [1.29, 1.82) is 0 Å². The fourth-order valence-electron chi connectivity index (χ4n) is 2.13. The van der Waals surface area contributed by atoms with E-state index in [-0.39, 0.29) is 17.7 Å². The molecule has 118 valence electrons. The number of hydrogen-bond acceptors (Lipinski definition) is 6. The van der Waals surface area contributed by atoms with Gasteiger partial charge >= 0.3 is 6.18 Å².